The van der Waals surface area contributed by atoms with Crippen molar-refractivity contribution in [2.24, 2.45) is 0 Å². The molecule has 1 aliphatic carbocycles. The van der Waals surface area contributed by atoms with Gasteiger partial charge in [-0.25, -0.2) is 9.97 Å². The summed E-state index contributed by atoms with van der Waals surface area (Å²) in [5.74, 6) is 0. The van der Waals surface area contributed by atoms with Crippen molar-refractivity contribution in [2.45, 2.75) is 31.4 Å². The largest absolute Gasteiger partial charge is 0.393 e. The average molecular weight is 419 g/mol. The first-order valence-corrected chi connectivity index (χ1v) is 10.2. The number of aromatic nitrogens is 4. The zero-order valence-corrected chi connectivity index (χ0v) is 16.8. The molecule has 0 spiro atoms. The second kappa shape index (κ2) is 7.63. The van der Waals surface area contributed by atoms with Crippen LogP contribution in [0.2, 0.25) is 5.02 Å². The molecule has 2 atom stereocenters. The van der Waals surface area contributed by atoms with Crippen LogP contribution in [0, 0.1) is 0 Å². The van der Waals surface area contributed by atoms with E-state index in [4.69, 9.17) is 16.6 Å². The number of pyridine rings is 2. The van der Waals surface area contributed by atoms with Gasteiger partial charge >= 0.3 is 0 Å². The third-order valence-electron chi connectivity index (χ3n) is 5.61. The number of rotatable bonds is 3. The number of benzene rings is 1. The first kappa shape index (κ1) is 18.9. The molecular weight excluding hydrogens is 400 g/mol. The van der Waals surface area contributed by atoms with Crippen LogP contribution >= 0.6 is 11.6 Å². The highest BCUT2D eigenvalue weighted by Gasteiger charge is 2.26. The Kier molecular flexibility index (Phi) is 4.81. The van der Waals surface area contributed by atoms with E-state index in [1.165, 1.54) is 0 Å². The molecule has 0 bridgehead atoms. The van der Waals surface area contributed by atoms with Gasteiger partial charge in [0.25, 0.3) is 5.56 Å². The number of halogens is 1. The number of aliphatic hydroxyl groups excluding tert-OH is 1. The molecule has 3 heterocycles. The predicted molar refractivity (Wildman–Crippen MR) is 116 cm³/mol. The molecule has 30 heavy (non-hydrogen) atoms. The zero-order chi connectivity index (χ0) is 20.7. The molecule has 6 nitrogen and oxygen atoms in total. The van der Waals surface area contributed by atoms with E-state index in [0.29, 0.717) is 40.2 Å². The van der Waals surface area contributed by atoms with Gasteiger partial charge in [-0.15, -0.1) is 0 Å². The normalized spacial score (nSPS) is 18.7. The number of aliphatic hydroxyl groups is 1. The lowest BCUT2D eigenvalue weighted by Crippen LogP contribution is -2.24. The first-order valence-electron chi connectivity index (χ1n) is 9.86. The highest BCUT2D eigenvalue weighted by atomic mass is 35.5. The van der Waals surface area contributed by atoms with Gasteiger partial charge in [0.15, 0.2) is 0 Å². The Hall–Kier alpha value is -3.09. The van der Waals surface area contributed by atoms with Crippen molar-refractivity contribution in [3.63, 3.8) is 0 Å². The second-order valence-electron chi connectivity index (χ2n) is 7.58. The molecule has 3 aromatic heterocycles. The summed E-state index contributed by atoms with van der Waals surface area (Å²) in [5.41, 5.74) is 3.35. The van der Waals surface area contributed by atoms with E-state index in [0.717, 1.165) is 17.5 Å². The van der Waals surface area contributed by atoms with E-state index in [2.05, 4.69) is 9.97 Å². The average Bonchev–Trinajstić information content (AvgIpc) is 3.20. The molecular formula is C23H19ClN4O2. The van der Waals surface area contributed by atoms with Crippen LogP contribution in [-0.4, -0.2) is 30.7 Å². The molecule has 7 heteroatoms. The molecule has 1 fully saturated rings. The van der Waals surface area contributed by atoms with Crippen LogP contribution < -0.4 is 5.56 Å². The predicted octanol–water partition coefficient (Wildman–Crippen LogP) is 4.26. The highest BCUT2D eigenvalue weighted by Crippen LogP contribution is 2.31. The van der Waals surface area contributed by atoms with Crippen LogP contribution in [0.5, 0.6) is 0 Å². The van der Waals surface area contributed by atoms with Crippen LogP contribution in [-0.2, 0) is 0 Å². The Bertz CT molecular complexity index is 1270. The first-order chi connectivity index (χ1) is 14.6. The lowest BCUT2D eigenvalue weighted by atomic mass is 10.1. The van der Waals surface area contributed by atoms with E-state index >= 15 is 0 Å². The fraction of sp³-hybridized carbons (Fsp3) is 0.217. The molecule has 1 aromatic carbocycles. The van der Waals surface area contributed by atoms with Crippen molar-refractivity contribution in [3.05, 3.63) is 76.6 Å². The highest BCUT2D eigenvalue weighted by molar-refractivity contribution is 6.30. The lowest BCUT2D eigenvalue weighted by Gasteiger charge is -2.15. The lowest BCUT2D eigenvalue weighted by molar-refractivity contribution is 0.177. The van der Waals surface area contributed by atoms with Gasteiger partial charge in [-0.1, -0.05) is 23.7 Å². The van der Waals surface area contributed by atoms with E-state index in [1.807, 2.05) is 24.3 Å². The van der Waals surface area contributed by atoms with E-state index < -0.39 is 0 Å². The van der Waals surface area contributed by atoms with E-state index in [9.17, 15) is 9.90 Å². The maximum absolute atomic E-state index is 13.4. The van der Waals surface area contributed by atoms with Gasteiger partial charge in [0.05, 0.1) is 29.2 Å². The molecule has 5 rings (SSSR count). The molecule has 1 N–H and O–H groups in total. The Morgan fingerprint density at radius 3 is 2.63 bits per heavy atom. The third kappa shape index (κ3) is 3.38. The van der Waals surface area contributed by atoms with Crippen LogP contribution in [0.15, 0.2) is 66.0 Å². The molecule has 0 saturated heterocycles. The van der Waals surface area contributed by atoms with Gasteiger partial charge in [-0.05, 0) is 49.6 Å². The minimum Gasteiger partial charge on any atom is -0.393 e. The van der Waals surface area contributed by atoms with Gasteiger partial charge in [0.2, 0.25) is 0 Å². The Labute approximate surface area is 177 Å². The minimum atomic E-state index is -0.370. The molecule has 0 unspecified atom stereocenters. The summed E-state index contributed by atoms with van der Waals surface area (Å²) < 4.78 is 1.65. The summed E-state index contributed by atoms with van der Waals surface area (Å²) in [7, 11) is 0. The maximum Gasteiger partial charge on any atom is 0.261 e. The monoisotopic (exact) mass is 418 g/mol. The van der Waals surface area contributed by atoms with E-state index in [-0.39, 0.29) is 17.7 Å². The molecule has 150 valence electrons. The van der Waals surface area contributed by atoms with Crippen LogP contribution in [0.3, 0.4) is 0 Å². The van der Waals surface area contributed by atoms with Crippen molar-refractivity contribution < 1.29 is 5.11 Å². The molecule has 1 saturated carbocycles. The summed E-state index contributed by atoms with van der Waals surface area (Å²) in [5, 5.41) is 11.0. The smallest absolute Gasteiger partial charge is 0.261 e. The Morgan fingerprint density at radius 1 is 1.10 bits per heavy atom. The van der Waals surface area contributed by atoms with Gasteiger partial charge in [-0.3, -0.25) is 14.3 Å². The fourth-order valence-electron chi connectivity index (χ4n) is 4.06. The second-order valence-corrected chi connectivity index (χ2v) is 8.01. The summed E-state index contributed by atoms with van der Waals surface area (Å²) in [6, 6.07) is 12.8. The molecule has 1 aliphatic rings. The van der Waals surface area contributed by atoms with Gasteiger partial charge in [0, 0.05) is 34.6 Å². The van der Waals surface area contributed by atoms with E-state index in [1.54, 1.807) is 41.5 Å². The molecule has 0 amide bonds. The molecule has 0 aliphatic heterocycles. The summed E-state index contributed by atoms with van der Waals surface area (Å²) in [6.45, 7) is 0. The zero-order valence-electron chi connectivity index (χ0n) is 16.1. The summed E-state index contributed by atoms with van der Waals surface area (Å²) >= 11 is 6.04. The van der Waals surface area contributed by atoms with Crippen LogP contribution in [0.1, 0.15) is 25.3 Å². The van der Waals surface area contributed by atoms with Gasteiger partial charge in [0.1, 0.15) is 5.52 Å². The number of hydrogen-bond donors (Lipinski definition) is 1. The van der Waals surface area contributed by atoms with Crippen LogP contribution in [0.25, 0.3) is 33.4 Å². The number of hydrogen-bond acceptors (Lipinski definition) is 5. The standard InChI is InChI=1S/C23H19ClN4O2/c24-16-5-3-14(4-6-16)20-11-19-22(21(27-20)15-2-1-9-25-12-15)26-13-28(23(19)30)17-7-8-18(29)10-17/h1-6,9,11-13,17-18,29H,7-8,10H2/t17-,18+/m0/s1. The number of nitrogens with zero attached hydrogens (tertiary/aromatic N) is 4. The van der Waals surface area contributed by atoms with Crippen molar-refractivity contribution in [2.75, 3.05) is 0 Å². The molecule has 0 radical (unpaired) electrons. The summed E-state index contributed by atoms with van der Waals surface area (Å²) in [4.78, 5) is 27.0. The maximum atomic E-state index is 13.4. The Balaban J connectivity index is 1.76. The van der Waals surface area contributed by atoms with Crippen LogP contribution in [0.4, 0.5) is 0 Å². The third-order valence-corrected chi connectivity index (χ3v) is 5.87. The quantitative estimate of drug-likeness (QED) is 0.537. The van der Waals surface area contributed by atoms with Crippen molar-refractivity contribution >= 4 is 22.5 Å². The summed E-state index contributed by atoms with van der Waals surface area (Å²) in [6.07, 6.45) is 6.65. The fourth-order valence-corrected chi connectivity index (χ4v) is 4.19. The Morgan fingerprint density at radius 2 is 1.93 bits per heavy atom. The SMILES string of the molecule is O=c1c2cc(-c3ccc(Cl)cc3)nc(-c3cccnc3)c2ncn1[C@H]1CC[C@@H](O)C1. The van der Waals surface area contributed by atoms with Gasteiger partial charge in [-0.2, -0.15) is 0 Å². The minimum absolute atomic E-state index is 0.0432. The van der Waals surface area contributed by atoms with Crippen molar-refractivity contribution in [3.8, 4) is 22.5 Å². The van der Waals surface area contributed by atoms with Crippen molar-refractivity contribution in [1.82, 2.24) is 19.5 Å². The van der Waals surface area contributed by atoms with Crippen molar-refractivity contribution in [1.29, 1.82) is 0 Å². The van der Waals surface area contributed by atoms with Gasteiger partial charge < -0.3 is 5.11 Å². The molecule has 4 aromatic rings. The topological polar surface area (TPSA) is 80.9 Å². The number of fused-ring (bicyclic) bond motifs is 1.